The van der Waals surface area contributed by atoms with Gasteiger partial charge in [-0.2, -0.15) is 0 Å². The van der Waals surface area contributed by atoms with E-state index >= 15 is 0 Å². The van der Waals surface area contributed by atoms with Gasteiger partial charge in [0.15, 0.2) is 0 Å². The van der Waals surface area contributed by atoms with Crippen LogP contribution in [0.3, 0.4) is 0 Å². The Bertz CT molecular complexity index is 360. The van der Waals surface area contributed by atoms with Crippen molar-refractivity contribution in [3.8, 4) is 0 Å². The van der Waals surface area contributed by atoms with Gasteiger partial charge in [-0.05, 0) is 30.4 Å². The van der Waals surface area contributed by atoms with Crippen LogP contribution in [0.15, 0.2) is 18.2 Å². The fourth-order valence-corrected chi connectivity index (χ4v) is 2.31. The van der Waals surface area contributed by atoms with Crippen molar-refractivity contribution in [2.24, 2.45) is 0 Å². The fraction of sp³-hybridized carbons (Fsp3) is 0.533. The van der Waals surface area contributed by atoms with E-state index in [0.29, 0.717) is 6.42 Å². The Hall–Kier alpha value is -1.31. The molecule has 0 bridgehead atoms. The zero-order valence-corrected chi connectivity index (χ0v) is 11.2. The Balaban J connectivity index is 0.000000686. The average Bonchev–Trinajstić information content (AvgIpc) is 2.75. The first-order valence-corrected chi connectivity index (χ1v) is 6.58. The Morgan fingerprint density at radius 1 is 1.35 bits per heavy atom. The Morgan fingerprint density at radius 2 is 2.12 bits per heavy atom. The predicted molar refractivity (Wildman–Crippen MR) is 73.8 cm³/mol. The highest BCUT2D eigenvalue weighted by molar-refractivity contribution is 5.63. The molecule has 2 heteroatoms. The molecule has 1 aromatic carbocycles. The van der Waals surface area contributed by atoms with Gasteiger partial charge in [0, 0.05) is 25.7 Å². The Morgan fingerprint density at radius 3 is 2.82 bits per heavy atom. The van der Waals surface area contributed by atoms with Crippen LogP contribution in [0.25, 0.3) is 0 Å². The Labute approximate surface area is 105 Å². The van der Waals surface area contributed by atoms with Crippen LogP contribution < -0.4 is 4.90 Å². The standard InChI is InChI=1S/C13H17NO.C2H6/c1-14-9-8-12-7-4-6-11(13(12)14)5-2-3-10-15;1-2/h4,6-7,10H,2-3,5,8-9H2,1H3;1-2H3. The number of rotatable bonds is 4. The number of anilines is 1. The van der Waals surface area contributed by atoms with E-state index in [-0.39, 0.29) is 0 Å². The summed E-state index contributed by atoms with van der Waals surface area (Å²) in [5, 5.41) is 0. The number of nitrogens with zero attached hydrogens (tertiary/aromatic N) is 1. The second kappa shape index (κ2) is 7.10. The molecule has 0 unspecified atom stereocenters. The van der Waals surface area contributed by atoms with Gasteiger partial charge >= 0.3 is 0 Å². The topological polar surface area (TPSA) is 20.3 Å². The van der Waals surface area contributed by atoms with Crippen LogP contribution in [0.5, 0.6) is 0 Å². The third-order valence-electron chi connectivity index (χ3n) is 3.07. The summed E-state index contributed by atoms with van der Waals surface area (Å²) in [5.74, 6) is 0. The highest BCUT2D eigenvalue weighted by atomic mass is 16.1. The molecule has 0 saturated carbocycles. The third kappa shape index (κ3) is 3.32. The third-order valence-corrected chi connectivity index (χ3v) is 3.07. The molecule has 0 spiro atoms. The maximum absolute atomic E-state index is 10.3. The van der Waals surface area contributed by atoms with Crippen molar-refractivity contribution < 1.29 is 4.79 Å². The molecule has 0 atom stereocenters. The molecule has 0 N–H and O–H groups in total. The zero-order valence-electron chi connectivity index (χ0n) is 11.2. The number of fused-ring (bicyclic) bond motifs is 1. The largest absolute Gasteiger partial charge is 0.374 e. The summed E-state index contributed by atoms with van der Waals surface area (Å²) in [6.45, 7) is 5.13. The number of carbonyl (C=O) groups excluding carboxylic acids is 1. The number of carbonyl (C=O) groups is 1. The summed E-state index contributed by atoms with van der Waals surface area (Å²) >= 11 is 0. The minimum atomic E-state index is 0.674. The lowest BCUT2D eigenvalue weighted by molar-refractivity contribution is -0.107. The van der Waals surface area contributed by atoms with Crippen molar-refractivity contribution in [3.63, 3.8) is 0 Å². The first kappa shape index (κ1) is 13.8. The second-order valence-electron chi connectivity index (χ2n) is 4.16. The van der Waals surface area contributed by atoms with Gasteiger partial charge in [-0.3, -0.25) is 0 Å². The number of aryl methyl sites for hydroxylation is 1. The molecule has 0 saturated heterocycles. The van der Waals surface area contributed by atoms with E-state index in [4.69, 9.17) is 0 Å². The van der Waals surface area contributed by atoms with Crippen LogP contribution >= 0.6 is 0 Å². The number of likely N-dealkylation sites (N-methyl/N-ethyl adjacent to an activating group) is 1. The van der Waals surface area contributed by atoms with Crippen LogP contribution in [0, 0.1) is 0 Å². The van der Waals surface area contributed by atoms with Crippen molar-refractivity contribution >= 4 is 12.0 Å². The molecule has 1 aliphatic heterocycles. The number of aldehydes is 1. The van der Waals surface area contributed by atoms with Gasteiger partial charge in [0.05, 0.1) is 0 Å². The molecule has 0 amide bonds. The highest BCUT2D eigenvalue weighted by Gasteiger charge is 2.18. The Kier molecular flexibility index (Phi) is 5.75. The van der Waals surface area contributed by atoms with Crippen LogP contribution in [0.4, 0.5) is 5.69 Å². The van der Waals surface area contributed by atoms with Crippen LogP contribution in [-0.2, 0) is 17.6 Å². The van der Waals surface area contributed by atoms with Crippen molar-refractivity contribution in [2.75, 3.05) is 18.5 Å². The monoisotopic (exact) mass is 233 g/mol. The molecule has 2 nitrogen and oxygen atoms in total. The second-order valence-corrected chi connectivity index (χ2v) is 4.16. The number of benzene rings is 1. The van der Waals surface area contributed by atoms with E-state index in [9.17, 15) is 4.79 Å². The lowest BCUT2D eigenvalue weighted by Crippen LogP contribution is -2.14. The minimum Gasteiger partial charge on any atom is -0.374 e. The molecule has 0 radical (unpaired) electrons. The van der Waals surface area contributed by atoms with Crippen molar-refractivity contribution in [1.29, 1.82) is 0 Å². The number of hydrogen-bond acceptors (Lipinski definition) is 2. The molecule has 1 aromatic rings. The molecular weight excluding hydrogens is 210 g/mol. The quantitative estimate of drug-likeness (QED) is 0.588. The average molecular weight is 233 g/mol. The van der Waals surface area contributed by atoms with E-state index in [1.165, 1.54) is 16.8 Å². The smallest absolute Gasteiger partial charge is 0.120 e. The highest BCUT2D eigenvalue weighted by Crippen LogP contribution is 2.31. The molecule has 0 aliphatic carbocycles. The van der Waals surface area contributed by atoms with Gasteiger partial charge in [0.2, 0.25) is 0 Å². The SMILES string of the molecule is CC.CN1CCc2cccc(CCCC=O)c21. The molecule has 17 heavy (non-hydrogen) atoms. The molecule has 0 fully saturated rings. The van der Waals surface area contributed by atoms with Gasteiger partial charge in [-0.1, -0.05) is 32.0 Å². The lowest BCUT2D eigenvalue weighted by atomic mass is 10.0. The van der Waals surface area contributed by atoms with E-state index in [1.54, 1.807) is 0 Å². The first-order valence-electron chi connectivity index (χ1n) is 6.58. The molecule has 94 valence electrons. The summed E-state index contributed by atoms with van der Waals surface area (Å²) < 4.78 is 0. The summed E-state index contributed by atoms with van der Waals surface area (Å²) in [4.78, 5) is 12.6. The van der Waals surface area contributed by atoms with Crippen molar-refractivity contribution in [1.82, 2.24) is 0 Å². The van der Waals surface area contributed by atoms with E-state index in [1.807, 2.05) is 13.8 Å². The maximum atomic E-state index is 10.3. The summed E-state index contributed by atoms with van der Waals surface area (Å²) in [7, 11) is 2.15. The molecule has 1 aliphatic rings. The number of para-hydroxylation sites is 1. The van der Waals surface area contributed by atoms with Gasteiger partial charge < -0.3 is 9.69 Å². The van der Waals surface area contributed by atoms with Crippen molar-refractivity contribution in [3.05, 3.63) is 29.3 Å². The maximum Gasteiger partial charge on any atom is 0.120 e. The predicted octanol–water partition coefficient (Wildman–Crippen LogP) is 3.23. The van der Waals surface area contributed by atoms with Crippen LogP contribution in [0.2, 0.25) is 0 Å². The van der Waals surface area contributed by atoms with Gasteiger partial charge in [-0.15, -0.1) is 0 Å². The summed E-state index contributed by atoms with van der Waals surface area (Å²) in [6.07, 6.45) is 4.83. The fourth-order valence-electron chi connectivity index (χ4n) is 2.31. The molecule has 2 rings (SSSR count). The molecule has 1 heterocycles. The number of unbranched alkanes of at least 4 members (excludes halogenated alkanes) is 1. The molecule has 0 aromatic heterocycles. The summed E-state index contributed by atoms with van der Waals surface area (Å²) in [5.41, 5.74) is 4.26. The number of hydrogen-bond donors (Lipinski definition) is 0. The van der Waals surface area contributed by atoms with Crippen molar-refractivity contribution in [2.45, 2.75) is 39.5 Å². The van der Waals surface area contributed by atoms with Crippen LogP contribution in [-0.4, -0.2) is 19.9 Å². The first-order chi connectivity index (χ1) is 8.33. The van der Waals surface area contributed by atoms with E-state index in [0.717, 1.165) is 32.1 Å². The lowest BCUT2D eigenvalue weighted by Gasteiger charge is -2.16. The van der Waals surface area contributed by atoms with Crippen LogP contribution in [0.1, 0.15) is 37.8 Å². The minimum absolute atomic E-state index is 0.674. The van der Waals surface area contributed by atoms with Gasteiger partial charge in [0.1, 0.15) is 6.29 Å². The normalized spacial score (nSPS) is 12.8. The molecular formula is C15H23NO. The van der Waals surface area contributed by atoms with E-state index < -0.39 is 0 Å². The summed E-state index contributed by atoms with van der Waals surface area (Å²) in [6, 6.07) is 6.53. The van der Waals surface area contributed by atoms with Gasteiger partial charge in [-0.25, -0.2) is 0 Å². The zero-order chi connectivity index (χ0) is 12.7. The van der Waals surface area contributed by atoms with Gasteiger partial charge in [0.25, 0.3) is 0 Å². The van der Waals surface area contributed by atoms with E-state index in [2.05, 4.69) is 30.1 Å².